The molecule has 0 bridgehead atoms. The summed E-state index contributed by atoms with van der Waals surface area (Å²) in [5.41, 5.74) is 8.15. The van der Waals surface area contributed by atoms with Gasteiger partial charge < -0.3 is 16.0 Å². The number of H-pyrrole nitrogens is 1. The van der Waals surface area contributed by atoms with E-state index in [1.54, 1.807) is 29.2 Å². The zero-order valence-corrected chi connectivity index (χ0v) is 20.1. The van der Waals surface area contributed by atoms with Crippen LogP contribution in [-0.4, -0.2) is 22.0 Å². The molecule has 1 aromatic heterocycles. The van der Waals surface area contributed by atoms with E-state index in [1.807, 2.05) is 66.7 Å². The maximum absolute atomic E-state index is 13.0. The van der Waals surface area contributed by atoms with E-state index in [0.717, 1.165) is 11.1 Å². The summed E-state index contributed by atoms with van der Waals surface area (Å²) in [5.74, 6) is -0.239. The molecular formula is C28H26N6O3. The summed E-state index contributed by atoms with van der Waals surface area (Å²) < 4.78 is 1.32. The van der Waals surface area contributed by atoms with E-state index in [-0.39, 0.29) is 36.9 Å². The molecule has 1 heterocycles. The third kappa shape index (κ3) is 6.32. The number of nitrogens with two attached hydrogens (primary N) is 1. The van der Waals surface area contributed by atoms with Crippen molar-refractivity contribution in [2.24, 2.45) is 0 Å². The van der Waals surface area contributed by atoms with Gasteiger partial charge in [-0.25, -0.2) is 4.79 Å². The van der Waals surface area contributed by atoms with E-state index in [0.29, 0.717) is 17.8 Å². The van der Waals surface area contributed by atoms with Gasteiger partial charge in [-0.3, -0.25) is 19.1 Å². The molecule has 0 unspecified atom stereocenters. The first-order valence-corrected chi connectivity index (χ1v) is 11.7. The van der Waals surface area contributed by atoms with E-state index in [4.69, 9.17) is 11.0 Å². The highest BCUT2D eigenvalue weighted by atomic mass is 16.2. The maximum Gasteiger partial charge on any atom is 0.330 e. The second-order valence-corrected chi connectivity index (χ2v) is 8.46. The van der Waals surface area contributed by atoms with Gasteiger partial charge in [-0.2, -0.15) is 5.26 Å². The van der Waals surface area contributed by atoms with Crippen LogP contribution in [0.4, 0.5) is 17.2 Å². The number of nitrogens with one attached hydrogen (secondary N) is 2. The van der Waals surface area contributed by atoms with Crippen LogP contribution < -0.4 is 27.2 Å². The first kappa shape index (κ1) is 25.0. The highest BCUT2D eigenvalue weighted by Crippen LogP contribution is 2.21. The largest absolute Gasteiger partial charge is 0.383 e. The highest BCUT2D eigenvalue weighted by Gasteiger charge is 2.20. The molecule has 37 heavy (non-hydrogen) atoms. The molecule has 186 valence electrons. The van der Waals surface area contributed by atoms with Crippen molar-refractivity contribution >= 4 is 23.1 Å². The number of nitriles is 1. The minimum atomic E-state index is -0.616. The number of aromatic nitrogens is 2. The Kier molecular flexibility index (Phi) is 7.81. The topological polar surface area (TPSA) is 137 Å². The number of anilines is 3. The molecule has 9 nitrogen and oxygen atoms in total. The van der Waals surface area contributed by atoms with E-state index in [2.05, 4.69) is 10.3 Å². The van der Waals surface area contributed by atoms with Crippen LogP contribution in [0.15, 0.2) is 94.5 Å². The number of nitrogens with zero attached hydrogens (tertiary/aromatic N) is 3. The molecular weight excluding hydrogens is 468 g/mol. The van der Waals surface area contributed by atoms with Crippen LogP contribution in [0.3, 0.4) is 0 Å². The zero-order chi connectivity index (χ0) is 26.2. The molecule has 0 fully saturated rings. The Morgan fingerprint density at radius 1 is 0.946 bits per heavy atom. The van der Waals surface area contributed by atoms with Crippen molar-refractivity contribution in [2.75, 3.05) is 22.5 Å². The first-order valence-electron chi connectivity index (χ1n) is 11.7. The standard InChI is InChI=1S/C28H26N6O3/c29-17-20-11-13-23(14-12-20)31-24(35)15-16-33(18-21-7-3-1-4-8-21)25-26(30)34(28(37)32-27(25)36)19-22-9-5-2-6-10-22/h1-14H,15-16,18-19,30H2,(H,31,35)(H,32,36,37). The summed E-state index contributed by atoms with van der Waals surface area (Å²) in [5, 5.41) is 11.7. The molecule has 0 aliphatic carbocycles. The van der Waals surface area contributed by atoms with Gasteiger partial charge in [0, 0.05) is 25.2 Å². The van der Waals surface area contributed by atoms with Gasteiger partial charge in [0.15, 0.2) is 0 Å². The van der Waals surface area contributed by atoms with E-state index < -0.39 is 11.2 Å². The van der Waals surface area contributed by atoms with Gasteiger partial charge in [-0.1, -0.05) is 60.7 Å². The van der Waals surface area contributed by atoms with E-state index in [9.17, 15) is 14.4 Å². The fourth-order valence-electron chi connectivity index (χ4n) is 3.97. The number of nitrogen functional groups attached to an aromatic ring is 1. The van der Waals surface area contributed by atoms with Crippen LogP contribution in [0.25, 0.3) is 0 Å². The fraction of sp³-hybridized carbons (Fsp3) is 0.143. The Bertz CT molecular complexity index is 1520. The summed E-state index contributed by atoms with van der Waals surface area (Å²) in [6.45, 7) is 0.670. The molecule has 0 radical (unpaired) electrons. The van der Waals surface area contributed by atoms with Crippen LogP contribution in [0.1, 0.15) is 23.1 Å². The van der Waals surface area contributed by atoms with Crippen molar-refractivity contribution in [3.05, 3.63) is 122 Å². The van der Waals surface area contributed by atoms with Crippen molar-refractivity contribution in [3.63, 3.8) is 0 Å². The lowest BCUT2D eigenvalue weighted by Crippen LogP contribution is -2.39. The van der Waals surface area contributed by atoms with Gasteiger partial charge >= 0.3 is 5.69 Å². The Balaban J connectivity index is 1.61. The van der Waals surface area contributed by atoms with Gasteiger partial charge in [-0.15, -0.1) is 0 Å². The number of hydrogen-bond acceptors (Lipinski definition) is 6. The quantitative estimate of drug-likeness (QED) is 0.327. The third-order valence-electron chi connectivity index (χ3n) is 5.84. The smallest absolute Gasteiger partial charge is 0.330 e. The summed E-state index contributed by atoms with van der Waals surface area (Å²) in [6, 6.07) is 27.4. The number of carbonyl (C=O) groups is 1. The minimum Gasteiger partial charge on any atom is -0.383 e. The van der Waals surface area contributed by atoms with Gasteiger partial charge in [0.25, 0.3) is 5.56 Å². The van der Waals surface area contributed by atoms with Crippen LogP contribution in [0.2, 0.25) is 0 Å². The predicted octanol–water partition coefficient (Wildman–Crippen LogP) is 3.07. The Labute approximate surface area is 213 Å². The molecule has 4 N–H and O–H groups in total. The average molecular weight is 495 g/mol. The second kappa shape index (κ2) is 11.6. The lowest BCUT2D eigenvalue weighted by molar-refractivity contribution is -0.116. The van der Waals surface area contributed by atoms with Crippen molar-refractivity contribution in [2.45, 2.75) is 19.5 Å². The van der Waals surface area contributed by atoms with Crippen LogP contribution in [0, 0.1) is 11.3 Å². The summed E-state index contributed by atoms with van der Waals surface area (Å²) >= 11 is 0. The highest BCUT2D eigenvalue weighted by molar-refractivity contribution is 5.91. The molecule has 0 spiro atoms. The van der Waals surface area contributed by atoms with Crippen molar-refractivity contribution in [1.29, 1.82) is 5.26 Å². The molecule has 9 heteroatoms. The molecule has 0 aliphatic heterocycles. The molecule has 3 aromatic carbocycles. The normalized spacial score (nSPS) is 10.5. The van der Waals surface area contributed by atoms with Crippen molar-refractivity contribution in [1.82, 2.24) is 9.55 Å². The van der Waals surface area contributed by atoms with Crippen LogP contribution >= 0.6 is 0 Å². The van der Waals surface area contributed by atoms with Gasteiger partial charge in [0.1, 0.15) is 11.5 Å². The number of carbonyl (C=O) groups excluding carboxylic acids is 1. The SMILES string of the molecule is N#Cc1ccc(NC(=O)CCN(Cc2ccccc2)c2c(N)n(Cc3ccccc3)c(=O)[nH]c2=O)cc1. The van der Waals surface area contributed by atoms with Crippen LogP contribution in [-0.2, 0) is 17.9 Å². The van der Waals surface area contributed by atoms with Crippen LogP contribution in [0.5, 0.6) is 0 Å². The molecule has 1 amide bonds. The number of benzene rings is 3. The Hall–Kier alpha value is -5.10. The Morgan fingerprint density at radius 2 is 1.57 bits per heavy atom. The summed E-state index contributed by atoms with van der Waals surface area (Å²) in [7, 11) is 0. The van der Waals surface area contributed by atoms with Gasteiger partial charge in [-0.05, 0) is 35.4 Å². The third-order valence-corrected chi connectivity index (χ3v) is 5.84. The van der Waals surface area contributed by atoms with E-state index >= 15 is 0 Å². The van der Waals surface area contributed by atoms with Crippen molar-refractivity contribution in [3.8, 4) is 6.07 Å². The average Bonchev–Trinajstić information content (AvgIpc) is 2.91. The predicted molar refractivity (Wildman–Crippen MR) is 143 cm³/mol. The molecule has 0 aliphatic rings. The Morgan fingerprint density at radius 3 is 2.19 bits per heavy atom. The van der Waals surface area contributed by atoms with Gasteiger partial charge in [0.05, 0.1) is 18.2 Å². The molecule has 4 aromatic rings. The molecule has 0 saturated carbocycles. The first-order chi connectivity index (χ1) is 17.9. The fourth-order valence-corrected chi connectivity index (χ4v) is 3.97. The molecule has 4 rings (SSSR count). The number of hydrogen-bond donors (Lipinski definition) is 3. The number of amides is 1. The zero-order valence-electron chi connectivity index (χ0n) is 20.1. The summed E-state index contributed by atoms with van der Waals surface area (Å²) in [4.78, 5) is 42.4. The number of rotatable bonds is 9. The van der Waals surface area contributed by atoms with Crippen molar-refractivity contribution < 1.29 is 4.79 Å². The lowest BCUT2D eigenvalue weighted by Gasteiger charge is -2.26. The second-order valence-electron chi connectivity index (χ2n) is 8.46. The molecule has 0 saturated heterocycles. The molecule has 0 atom stereocenters. The monoisotopic (exact) mass is 494 g/mol. The maximum atomic E-state index is 13.0. The van der Waals surface area contributed by atoms with E-state index in [1.165, 1.54) is 4.57 Å². The van der Waals surface area contributed by atoms with Gasteiger partial charge in [0.2, 0.25) is 5.91 Å². The number of aromatic amines is 1. The lowest BCUT2D eigenvalue weighted by atomic mass is 10.2. The summed E-state index contributed by atoms with van der Waals surface area (Å²) in [6.07, 6.45) is 0.0591. The minimum absolute atomic E-state index is 0.0287.